The van der Waals surface area contributed by atoms with Gasteiger partial charge in [-0.2, -0.15) is 5.10 Å². The second-order valence-corrected chi connectivity index (χ2v) is 4.34. The SMILES string of the molecule is Cc1nn2c(c1C)N(C)C(=O)C(C)CC2. The molecule has 0 aromatic carbocycles. The van der Waals surface area contributed by atoms with Gasteiger partial charge < -0.3 is 0 Å². The van der Waals surface area contributed by atoms with Gasteiger partial charge in [0.15, 0.2) is 0 Å². The van der Waals surface area contributed by atoms with Crippen LogP contribution >= 0.6 is 0 Å². The molecule has 4 heteroatoms. The van der Waals surface area contributed by atoms with Crippen LogP contribution in [0.1, 0.15) is 24.6 Å². The Labute approximate surface area is 89.9 Å². The number of fused-ring (bicyclic) bond motifs is 1. The van der Waals surface area contributed by atoms with Crippen molar-refractivity contribution in [3.8, 4) is 0 Å². The van der Waals surface area contributed by atoms with Gasteiger partial charge in [-0.15, -0.1) is 0 Å². The predicted octanol–water partition coefficient (Wildman–Crippen LogP) is 1.50. The van der Waals surface area contributed by atoms with E-state index in [0.717, 1.165) is 30.0 Å². The maximum Gasteiger partial charge on any atom is 0.230 e. The van der Waals surface area contributed by atoms with Crippen LogP contribution in [0, 0.1) is 19.8 Å². The van der Waals surface area contributed by atoms with Gasteiger partial charge in [0.1, 0.15) is 5.82 Å². The van der Waals surface area contributed by atoms with E-state index in [1.54, 1.807) is 4.90 Å². The van der Waals surface area contributed by atoms with Crippen LogP contribution in [-0.2, 0) is 11.3 Å². The Bertz CT molecular complexity index is 408. The number of aromatic nitrogens is 2. The van der Waals surface area contributed by atoms with E-state index in [0.29, 0.717) is 0 Å². The molecule has 0 radical (unpaired) electrons. The van der Waals surface area contributed by atoms with E-state index >= 15 is 0 Å². The maximum atomic E-state index is 12.0. The molecule has 2 heterocycles. The molecule has 2 rings (SSSR count). The molecule has 4 nitrogen and oxygen atoms in total. The van der Waals surface area contributed by atoms with Gasteiger partial charge in [0.25, 0.3) is 0 Å². The van der Waals surface area contributed by atoms with Crippen molar-refractivity contribution >= 4 is 11.7 Å². The predicted molar refractivity (Wildman–Crippen MR) is 58.9 cm³/mol. The Kier molecular flexibility index (Phi) is 2.29. The summed E-state index contributed by atoms with van der Waals surface area (Å²) in [6.45, 7) is 6.82. The van der Waals surface area contributed by atoms with Crippen molar-refractivity contribution in [2.75, 3.05) is 11.9 Å². The second kappa shape index (κ2) is 3.36. The number of carbonyl (C=O) groups excluding carboxylic acids is 1. The largest absolute Gasteiger partial charge is 0.300 e. The number of hydrogen-bond acceptors (Lipinski definition) is 2. The Morgan fingerprint density at radius 2 is 2.07 bits per heavy atom. The van der Waals surface area contributed by atoms with Gasteiger partial charge in [-0.25, -0.2) is 4.68 Å². The van der Waals surface area contributed by atoms with E-state index in [9.17, 15) is 4.79 Å². The molecule has 0 N–H and O–H groups in total. The summed E-state index contributed by atoms with van der Waals surface area (Å²) in [5, 5.41) is 4.45. The first kappa shape index (κ1) is 10.2. The van der Waals surface area contributed by atoms with E-state index in [4.69, 9.17) is 0 Å². The summed E-state index contributed by atoms with van der Waals surface area (Å²) in [6, 6.07) is 0. The topological polar surface area (TPSA) is 38.1 Å². The van der Waals surface area contributed by atoms with Gasteiger partial charge in [0.05, 0.1) is 5.69 Å². The standard InChI is InChI=1S/C11H17N3O/c1-7-5-6-14-10(13(4)11(7)15)8(2)9(3)12-14/h7H,5-6H2,1-4H3. The van der Waals surface area contributed by atoms with Crippen molar-refractivity contribution in [3.05, 3.63) is 11.3 Å². The normalized spacial score (nSPS) is 21.5. The lowest BCUT2D eigenvalue weighted by Gasteiger charge is -2.18. The molecule has 1 aromatic rings. The second-order valence-electron chi connectivity index (χ2n) is 4.34. The van der Waals surface area contributed by atoms with Gasteiger partial charge in [0, 0.05) is 25.1 Å². The number of rotatable bonds is 0. The van der Waals surface area contributed by atoms with Crippen LogP contribution in [0.4, 0.5) is 5.82 Å². The van der Waals surface area contributed by atoms with Crippen molar-refractivity contribution < 1.29 is 4.79 Å². The minimum absolute atomic E-state index is 0.0939. The highest BCUT2D eigenvalue weighted by Gasteiger charge is 2.27. The summed E-state index contributed by atoms with van der Waals surface area (Å²) < 4.78 is 1.95. The molecule has 0 fully saturated rings. The molecule has 1 aromatic heterocycles. The summed E-state index contributed by atoms with van der Waals surface area (Å²) in [5.74, 6) is 1.25. The number of hydrogen-bond donors (Lipinski definition) is 0. The smallest absolute Gasteiger partial charge is 0.230 e. The van der Waals surface area contributed by atoms with Crippen molar-refractivity contribution in [2.24, 2.45) is 5.92 Å². The summed E-state index contributed by atoms with van der Waals surface area (Å²) in [4.78, 5) is 13.7. The van der Waals surface area contributed by atoms with E-state index in [-0.39, 0.29) is 11.8 Å². The lowest BCUT2D eigenvalue weighted by Crippen LogP contribution is -2.31. The zero-order valence-electron chi connectivity index (χ0n) is 9.74. The average Bonchev–Trinajstić information content (AvgIpc) is 2.44. The fraction of sp³-hybridized carbons (Fsp3) is 0.636. The van der Waals surface area contributed by atoms with Crippen LogP contribution in [0.15, 0.2) is 0 Å². The molecule has 0 saturated heterocycles. The first-order chi connectivity index (χ1) is 7.02. The zero-order chi connectivity index (χ0) is 11.2. The fourth-order valence-corrected chi connectivity index (χ4v) is 2.11. The zero-order valence-corrected chi connectivity index (χ0v) is 9.74. The molecule has 0 spiro atoms. The highest BCUT2D eigenvalue weighted by molar-refractivity contribution is 5.94. The third-order valence-corrected chi connectivity index (χ3v) is 3.24. The lowest BCUT2D eigenvalue weighted by molar-refractivity contribution is -0.121. The molecular weight excluding hydrogens is 190 g/mol. The van der Waals surface area contributed by atoms with Crippen molar-refractivity contribution in [2.45, 2.75) is 33.7 Å². The maximum absolute atomic E-state index is 12.0. The molecule has 82 valence electrons. The van der Waals surface area contributed by atoms with E-state index in [1.165, 1.54) is 0 Å². The van der Waals surface area contributed by atoms with Crippen molar-refractivity contribution in [3.63, 3.8) is 0 Å². The van der Waals surface area contributed by atoms with Crippen LogP contribution in [0.25, 0.3) is 0 Å². The third kappa shape index (κ3) is 1.44. The number of anilines is 1. The molecule has 0 bridgehead atoms. The average molecular weight is 207 g/mol. The van der Waals surface area contributed by atoms with Crippen LogP contribution in [0.2, 0.25) is 0 Å². The van der Waals surface area contributed by atoms with Gasteiger partial charge >= 0.3 is 0 Å². The highest BCUT2D eigenvalue weighted by Crippen LogP contribution is 2.27. The van der Waals surface area contributed by atoms with Crippen molar-refractivity contribution in [1.29, 1.82) is 0 Å². The van der Waals surface area contributed by atoms with Gasteiger partial charge in [-0.3, -0.25) is 9.69 Å². The number of aryl methyl sites for hydroxylation is 2. The molecule has 1 atom stereocenters. The van der Waals surface area contributed by atoms with Gasteiger partial charge in [-0.1, -0.05) is 6.92 Å². The minimum atomic E-state index is 0.0939. The molecule has 1 aliphatic heterocycles. The van der Waals surface area contributed by atoms with Crippen LogP contribution in [-0.4, -0.2) is 22.7 Å². The van der Waals surface area contributed by atoms with Gasteiger partial charge in [-0.05, 0) is 20.3 Å². The van der Waals surface area contributed by atoms with E-state index < -0.39 is 0 Å². The fourth-order valence-electron chi connectivity index (χ4n) is 2.11. The molecule has 15 heavy (non-hydrogen) atoms. The third-order valence-electron chi connectivity index (χ3n) is 3.24. The van der Waals surface area contributed by atoms with E-state index in [2.05, 4.69) is 5.10 Å². The molecule has 0 saturated carbocycles. The highest BCUT2D eigenvalue weighted by atomic mass is 16.2. The Balaban J connectivity index is 2.52. The Morgan fingerprint density at radius 3 is 2.73 bits per heavy atom. The minimum Gasteiger partial charge on any atom is -0.300 e. The number of nitrogens with zero attached hydrogens (tertiary/aromatic N) is 3. The number of amides is 1. The van der Waals surface area contributed by atoms with Crippen molar-refractivity contribution in [1.82, 2.24) is 9.78 Å². The number of carbonyl (C=O) groups is 1. The molecule has 1 amide bonds. The molecule has 1 unspecified atom stereocenters. The first-order valence-corrected chi connectivity index (χ1v) is 5.34. The van der Waals surface area contributed by atoms with E-state index in [1.807, 2.05) is 32.5 Å². The Morgan fingerprint density at radius 1 is 1.40 bits per heavy atom. The van der Waals surface area contributed by atoms with Crippen LogP contribution in [0.5, 0.6) is 0 Å². The quantitative estimate of drug-likeness (QED) is 0.646. The summed E-state index contributed by atoms with van der Waals surface area (Å²) in [6.07, 6.45) is 0.872. The monoisotopic (exact) mass is 207 g/mol. The Hall–Kier alpha value is -1.32. The summed E-state index contributed by atoms with van der Waals surface area (Å²) in [7, 11) is 1.84. The first-order valence-electron chi connectivity index (χ1n) is 5.34. The van der Waals surface area contributed by atoms with Crippen LogP contribution < -0.4 is 4.90 Å². The molecule has 0 aliphatic carbocycles. The van der Waals surface area contributed by atoms with Gasteiger partial charge in [0.2, 0.25) is 5.91 Å². The lowest BCUT2D eigenvalue weighted by atomic mass is 10.1. The summed E-state index contributed by atoms with van der Waals surface area (Å²) in [5.41, 5.74) is 2.12. The van der Waals surface area contributed by atoms with Crippen LogP contribution in [0.3, 0.4) is 0 Å². The molecule has 1 aliphatic rings. The molecular formula is C11H17N3O. The summed E-state index contributed by atoms with van der Waals surface area (Å²) >= 11 is 0.